The van der Waals surface area contributed by atoms with Gasteiger partial charge in [-0.3, -0.25) is 9.59 Å². The van der Waals surface area contributed by atoms with Gasteiger partial charge in [-0.25, -0.2) is 0 Å². The van der Waals surface area contributed by atoms with E-state index in [2.05, 4.69) is 16.0 Å². The Labute approximate surface area is 162 Å². The number of carbonyl (C=O) groups is 2. The molecule has 6 heteroatoms. The second-order valence-electron chi connectivity index (χ2n) is 6.42. The Bertz CT molecular complexity index is 1050. The number of para-hydroxylation sites is 1. The largest absolute Gasteiger partial charge is 0.497 e. The molecule has 1 aliphatic rings. The maximum Gasteiger partial charge on any atom is 0.257 e. The van der Waals surface area contributed by atoms with E-state index in [4.69, 9.17) is 4.74 Å². The van der Waals surface area contributed by atoms with Crippen molar-refractivity contribution >= 4 is 28.9 Å². The number of hydrogen-bond donors (Lipinski definition) is 3. The molecule has 0 saturated carbocycles. The zero-order valence-electron chi connectivity index (χ0n) is 15.3. The summed E-state index contributed by atoms with van der Waals surface area (Å²) in [7, 11) is 1.61. The minimum absolute atomic E-state index is 0.211. The van der Waals surface area contributed by atoms with Crippen molar-refractivity contribution in [1.82, 2.24) is 5.32 Å². The summed E-state index contributed by atoms with van der Waals surface area (Å²) in [4.78, 5) is 25.0. The molecule has 0 aliphatic carbocycles. The molecule has 0 atom stereocenters. The molecular weight excluding hydrogens is 354 g/mol. The van der Waals surface area contributed by atoms with Crippen LogP contribution >= 0.6 is 0 Å². The van der Waals surface area contributed by atoms with E-state index in [-0.39, 0.29) is 11.8 Å². The molecule has 1 heterocycles. The fourth-order valence-electron chi connectivity index (χ4n) is 3.05. The Kier molecular flexibility index (Phi) is 4.68. The number of fused-ring (bicyclic) bond motifs is 2. The molecule has 140 valence electrons. The van der Waals surface area contributed by atoms with E-state index in [0.717, 1.165) is 22.7 Å². The average Bonchev–Trinajstić information content (AvgIpc) is 2.87. The molecule has 6 nitrogen and oxygen atoms in total. The van der Waals surface area contributed by atoms with E-state index in [1.54, 1.807) is 31.4 Å². The van der Waals surface area contributed by atoms with Crippen LogP contribution in [0.1, 0.15) is 26.3 Å². The highest BCUT2D eigenvalue weighted by Crippen LogP contribution is 2.32. The molecule has 0 bridgehead atoms. The predicted molar refractivity (Wildman–Crippen MR) is 108 cm³/mol. The maximum atomic E-state index is 12.5. The molecule has 0 fully saturated rings. The molecular formula is C22H19N3O3. The molecule has 0 radical (unpaired) electrons. The van der Waals surface area contributed by atoms with Gasteiger partial charge in [-0.2, -0.15) is 0 Å². The van der Waals surface area contributed by atoms with Gasteiger partial charge in [0, 0.05) is 12.1 Å². The Morgan fingerprint density at radius 2 is 1.71 bits per heavy atom. The van der Waals surface area contributed by atoms with E-state index < -0.39 is 0 Å². The van der Waals surface area contributed by atoms with Crippen LogP contribution in [0.3, 0.4) is 0 Å². The highest BCUT2D eigenvalue weighted by molar-refractivity contribution is 6.12. The molecule has 4 rings (SSSR count). The summed E-state index contributed by atoms with van der Waals surface area (Å²) in [5.41, 5.74) is 4.04. The number of amides is 2. The van der Waals surface area contributed by atoms with Crippen molar-refractivity contribution < 1.29 is 14.3 Å². The SMILES string of the molecule is COc1ccc(CNC(=O)c2ccc3c(c2)NC(=O)c2ccccc2N3)cc1. The number of methoxy groups -OCH3 is 1. The van der Waals surface area contributed by atoms with Crippen molar-refractivity contribution in [3.8, 4) is 5.75 Å². The van der Waals surface area contributed by atoms with E-state index in [9.17, 15) is 9.59 Å². The van der Waals surface area contributed by atoms with Gasteiger partial charge in [0.25, 0.3) is 11.8 Å². The highest BCUT2D eigenvalue weighted by atomic mass is 16.5. The van der Waals surface area contributed by atoms with Crippen LogP contribution in [0.5, 0.6) is 5.75 Å². The third-order valence-electron chi connectivity index (χ3n) is 4.58. The molecule has 3 aromatic rings. The summed E-state index contributed by atoms with van der Waals surface area (Å²) in [6.07, 6.45) is 0. The lowest BCUT2D eigenvalue weighted by atomic mass is 10.1. The van der Waals surface area contributed by atoms with Crippen molar-refractivity contribution in [3.63, 3.8) is 0 Å². The molecule has 2 amide bonds. The Balaban J connectivity index is 1.50. The number of hydrogen-bond acceptors (Lipinski definition) is 4. The van der Waals surface area contributed by atoms with Crippen LogP contribution < -0.4 is 20.7 Å². The molecule has 3 N–H and O–H groups in total. The molecule has 1 aliphatic heterocycles. The van der Waals surface area contributed by atoms with Crippen LogP contribution in [0.4, 0.5) is 17.1 Å². The number of ether oxygens (including phenoxy) is 1. The summed E-state index contributed by atoms with van der Waals surface area (Å²) < 4.78 is 5.13. The minimum Gasteiger partial charge on any atom is -0.497 e. The number of anilines is 3. The quantitative estimate of drug-likeness (QED) is 0.647. The highest BCUT2D eigenvalue weighted by Gasteiger charge is 2.19. The molecule has 0 aromatic heterocycles. The van der Waals surface area contributed by atoms with Crippen LogP contribution in [-0.2, 0) is 6.54 Å². The molecule has 28 heavy (non-hydrogen) atoms. The van der Waals surface area contributed by atoms with E-state index in [0.29, 0.717) is 23.4 Å². The van der Waals surface area contributed by atoms with Crippen molar-refractivity contribution in [1.29, 1.82) is 0 Å². The first-order chi connectivity index (χ1) is 13.6. The lowest BCUT2D eigenvalue weighted by Crippen LogP contribution is -2.23. The van der Waals surface area contributed by atoms with Crippen LogP contribution in [0.25, 0.3) is 0 Å². The average molecular weight is 373 g/mol. The molecule has 0 saturated heterocycles. The molecule has 3 aromatic carbocycles. The van der Waals surface area contributed by atoms with Crippen molar-refractivity contribution in [3.05, 3.63) is 83.4 Å². The summed E-state index contributed by atoms with van der Waals surface area (Å²) in [5.74, 6) is 0.345. The first-order valence-corrected chi connectivity index (χ1v) is 8.86. The van der Waals surface area contributed by atoms with Crippen LogP contribution in [0, 0.1) is 0 Å². The Morgan fingerprint density at radius 3 is 2.50 bits per heavy atom. The predicted octanol–water partition coefficient (Wildman–Crippen LogP) is 3.93. The summed E-state index contributed by atoms with van der Waals surface area (Å²) in [5, 5.41) is 9.00. The second kappa shape index (κ2) is 7.44. The lowest BCUT2D eigenvalue weighted by Gasteiger charge is -2.11. The van der Waals surface area contributed by atoms with Crippen LogP contribution in [0.15, 0.2) is 66.7 Å². The fourth-order valence-corrected chi connectivity index (χ4v) is 3.05. The normalized spacial score (nSPS) is 12.0. The van der Waals surface area contributed by atoms with Gasteiger partial charge < -0.3 is 20.7 Å². The van der Waals surface area contributed by atoms with Gasteiger partial charge in [0.05, 0.1) is 29.7 Å². The van der Waals surface area contributed by atoms with Crippen LogP contribution in [-0.4, -0.2) is 18.9 Å². The third kappa shape index (κ3) is 3.53. The number of nitrogens with one attached hydrogen (secondary N) is 3. The van der Waals surface area contributed by atoms with Gasteiger partial charge in [-0.05, 0) is 48.0 Å². The van der Waals surface area contributed by atoms with Crippen LogP contribution in [0.2, 0.25) is 0 Å². The van der Waals surface area contributed by atoms with E-state index in [1.165, 1.54) is 0 Å². The summed E-state index contributed by atoms with van der Waals surface area (Å²) in [6, 6.07) is 20.0. The summed E-state index contributed by atoms with van der Waals surface area (Å²) >= 11 is 0. The first-order valence-electron chi connectivity index (χ1n) is 8.86. The molecule has 0 spiro atoms. The van der Waals surface area contributed by atoms with Gasteiger partial charge in [-0.1, -0.05) is 24.3 Å². The van der Waals surface area contributed by atoms with Gasteiger partial charge >= 0.3 is 0 Å². The van der Waals surface area contributed by atoms with Crippen molar-refractivity contribution in [2.75, 3.05) is 17.7 Å². The maximum absolute atomic E-state index is 12.5. The minimum atomic E-state index is -0.213. The summed E-state index contributed by atoms with van der Waals surface area (Å²) in [6.45, 7) is 0.399. The molecule has 0 unspecified atom stereocenters. The monoisotopic (exact) mass is 373 g/mol. The van der Waals surface area contributed by atoms with Crippen molar-refractivity contribution in [2.24, 2.45) is 0 Å². The Morgan fingerprint density at radius 1 is 0.929 bits per heavy atom. The number of benzene rings is 3. The lowest BCUT2D eigenvalue weighted by molar-refractivity contribution is 0.0949. The standard InChI is InChI=1S/C22H19N3O3/c1-28-16-9-6-14(7-10-16)13-23-21(26)15-8-11-19-20(12-15)25-22(27)17-4-2-3-5-18(17)24-19/h2-12,24H,13H2,1H3,(H,23,26)(H,25,27). The number of carbonyl (C=O) groups excluding carboxylic acids is 2. The first kappa shape index (κ1) is 17.6. The van der Waals surface area contributed by atoms with E-state index in [1.807, 2.05) is 42.5 Å². The second-order valence-corrected chi connectivity index (χ2v) is 6.42. The zero-order chi connectivity index (χ0) is 19.5. The van der Waals surface area contributed by atoms with E-state index >= 15 is 0 Å². The number of rotatable bonds is 4. The van der Waals surface area contributed by atoms with Gasteiger partial charge in [0.2, 0.25) is 0 Å². The smallest absolute Gasteiger partial charge is 0.257 e. The van der Waals surface area contributed by atoms with Gasteiger partial charge in [0.15, 0.2) is 0 Å². The topological polar surface area (TPSA) is 79.5 Å². The third-order valence-corrected chi connectivity index (χ3v) is 4.58. The zero-order valence-corrected chi connectivity index (χ0v) is 15.3. The fraction of sp³-hybridized carbons (Fsp3) is 0.0909. The van der Waals surface area contributed by atoms with Gasteiger partial charge in [-0.15, -0.1) is 0 Å². The van der Waals surface area contributed by atoms with Gasteiger partial charge in [0.1, 0.15) is 5.75 Å². The van der Waals surface area contributed by atoms with Crippen molar-refractivity contribution in [2.45, 2.75) is 6.54 Å². The Hall–Kier alpha value is -3.80.